The van der Waals surface area contributed by atoms with Crippen molar-refractivity contribution in [2.45, 2.75) is 51.2 Å². The van der Waals surface area contributed by atoms with Gasteiger partial charge in [-0.2, -0.15) is 4.31 Å². The lowest BCUT2D eigenvalue weighted by molar-refractivity contribution is 0.0559. The molecule has 3 atom stereocenters. The van der Waals surface area contributed by atoms with Gasteiger partial charge in [0.15, 0.2) is 0 Å². The molecule has 0 spiro atoms. The first kappa shape index (κ1) is 27.6. The van der Waals surface area contributed by atoms with E-state index in [9.17, 15) is 18.3 Å². The minimum atomic E-state index is -3.95. The summed E-state index contributed by atoms with van der Waals surface area (Å²) >= 11 is 0. The van der Waals surface area contributed by atoms with Crippen LogP contribution in [-0.2, 0) is 10.0 Å². The number of carbonyl (C=O) groups is 1. The molecule has 1 aliphatic rings. The largest absolute Gasteiger partial charge is 0.487 e. The van der Waals surface area contributed by atoms with Crippen molar-refractivity contribution in [2.24, 2.45) is 11.8 Å². The number of sulfonamides is 1. The maximum Gasteiger partial charge on any atom is 0.273 e. The number of hydrogen-bond acceptors (Lipinski definition) is 7. The minimum Gasteiger partial charge on any atom is -0.487 e. The van der Waals surface area contributed by atoms with E-state index in [1.165, 1.54) is 33.9 Å². The minimum absolute atomic E-state index is 0.0111. The quantitative estimate of drug-likeness (QED) is 0.589. The highest BCUT2D eigenvalue weighted by Crippen LogP contribution is 2.34. The summed E-state index contributed by atoms with van der Waals surface area (Å²) in [5, 5.41) is 9.79. The molecule has 1 aromatic heterocycles. The highest BCUT2D eigenvalue weighted by atomic mass is 32.2. The normalized spacial score (nSPS) is 20.2. The molecule has 0 unspecified atom stereocenters. The summed E-state index contributed by atoms with van der Waals surface area (Å²) in [4.78, 5) is 22.4. The average molecular weight is 515 g/mol. The van der Waals surface area contributed by atoms with Gasteiger partial charge in [0.2, 0.25) is 10.0 Å². The molecule has 9 nitrogen and oxygen atoms in total. The summed E-state index contributed by atoms with van der Waals surface area (Å²) in [6.45, 7) is 7.68. The standard InChI is InChI=1S/C26H34N4O5S/c1-18(2)7-6-8-21-9-10-25-23(13-21)35-24(16-29(5)26(32)22-14-27-11-12-28-22)19(3)15-30(20(4)17-31)36(25,33)34/h9-14,18-20,24,31H,7,15-17H2,1-5H3/t19-,20-,24-/m1/s1. The maximum absolute atomic E-state index is 13.6. The van der Waals surface area contributed by atoms with Crippen LogP contribution in [0.2, 0.25) is 0 Å². The summed E-state index contributed by atoms with van der Waals surface area (Å²) < 4.78 is 34.8. The topological polar surface area (TPSA) is 113 Å². The predicted molar refractivity (Wildman–Crippen MR) is 136 cm³/mol. The number of aliphatic hydroxyl groups is 1. The second-order valence-electron chi connectivity index (χ2n) is 9.58. The van der Waals surface area contributed by atoms with E-state index in [4.69, 9.17) is 4.74 Å². The van der Waals surface area contributed by atoms with Gasteiger partial charge in [0.1, 0.15) is 22.4 Å². The fourth-order valence-electron chi connectivity index (χ4n) is 3.84. The molecule has 194 valence electrons. The average Bonchev–Trinajstić information content (AvgIpc) is 2.85. The molecule has 3 rings (SSSR count). The lowest BCUT2D eigenvalue weighted by Crippen LogP contribution is -2.50. The van der Waals surface area contributed by atoms with Gasteiger partial charge in [-0.05, 0) is 31.0 Å². The number of aromatic nitrogens is 2. The van der Waals surface area contributed by atoms with Crippen LogP contribution >= 0.6 is 0 Å². The fourth-order valence-corrected chi connectivity index (χ4v) is 5.66. The smallest absolute Gasteiger partial charge is 0.273 e. The molecule has 10 heteroatoms. The number of aliphatic hydroxyl groups excluding tert-OH is 1. The Balaban J connectivity index is 2.00. The van der Waals surface area contributed by atoms with Crippen LogP contribution in [0.15, 0.2) is 41.7 Å². The fraction of sp³-hybridized carbons (Fsp3) is 0.500. The molecule has 0 fully saturated rings. The van der Waals surface area contributed by atoms with Gasteiger partial charge >= 0.3 is 0 Å². The summed E-state index contributed by atoms with van der Waals surface area (Å²) in [5.74, 6) is 6.18. The van der Waals surface area contributed by atoms with Crippen molar-refractivity contribution in [3.05, 3.63) is 48.0 Å². The van der Waals surface area contributed by atoms with Crippen LogP contribution in [0, 0.1) is 23.7 Å². The molecule has 2 heterocycles. The van der Waals surface area contributed by atoms with Crippen molar-refractivity contribution in [3.63, 3.8) is 0 Å². The molecule has 0 saturated heterocycles. The number of rotatable bonds is 6. The summed E-state index contributed by atoms with van der Waals surface area (Å²) in [6, 6.07) is 4.17. The van der Waals surface area contributed by atoms with Crippen LogP contribution in [0.3, 0.4) is 0 Å². The molecule has 0 aliphatic carbocycles. The molecule has 1 aromatic carbocycles. The van der Waals surface area contributed by atoms with Crippen LogP contribution in [0.1, 0.15) is 50.2 Å². The zero-order chi connectivity index (χ0) is 26.5. The first-order chi connectivity index (χ1) is 17.0. The number of amides is 1. The van der Waals surface area contributed by atoms with E-state index >= 15 is 0 Å². The summed E-state index contributed by atoms with van der Waals surface area (Å²) in [5.41, 5.74) is 0.849. The summed E-state index contributed by atoms with van der Waals surface area (Å²) in [6.07, 6.45) is 4.53. The van der Waals surface area contributed by atoms with Crippen LogP contribution < -0.4 is 4.74 Å². The molecule has 36 heavy (non-hydrogen) atoms. The SMILES string of the molecule is CC(C)CC#Cc1ccc2c(c1)O[C@H](CN(C)C(=O)c1cnccn1)[C@H](C)CN([C@H](C)CO)S2(=O)=O. The van der Waals surface area contributed by atoms with Crippen LogP contribution in [-0.4, -0.2) is 77.5 Å². The van der Waals surface area contributed by atoms with E-state index in [1.54, 1.807) is 26.1 Å². The van der Waals surface area contributed by atoms with Crippen molar-refractivity contribution in [3.8, 4) is 17.6 Å². The van der Waals surface area contributed by atoms with Gasteiger partial charge in [0, 0.05) is 49.9 Å². The van der Waals surface area contributed by atoms with Crippen molar-refractivity contribution in [2.75, 3.05) is 26.7 Å². The van der Waals surface area contributed by atoms with Crippen molar-refractivity contribution in [1.82, 2.24) is 19.2 Å². The van der Waals surface area contributed by atoms with E-state index < -0.39 is 22.2 Å². The Hall–Kier alpha value is -3.00. The molecule has 0 radical (unpaired) electrons. The maximum atomic E-state index is 13.6. The number of fused-ring (bicyclic) bond motifs is 1. The van der Waals surface area contributed by atoms with Gasteiger partial charge in [-0.3, -0.25) is 9.78 Å². The van der Waals surface area contributed by atoms with Crippen LogP contribution in [0.25, 0.3) is 0 Å². The first-order valence-electron chi connectivity index (χ1n) is 12.0. The Morgan fingerprint density at radius 3 is 2.69 bits per heavy atom. The highest BCUT2D eigenvalue weighted by molar-refractivity contribution is 7.89. The monoisotopic (exact) mass is 514 g/mol. The molecule has 2 aromatic rings. The third-order valence-corrected chi connectivity index (χ3v) is 8.01. The van der Waals surface area contributed by atoms with Gasteiger partial charge in [-0.1, -0.05) is 32.6 Å². The number of benzene rings is 1. The molecule has 1 amide bonds. The number of likely N-dealkylation sites (N-methyl/N-ethyl adjacent to an activating group) is 1. The second kappa shape index (κ2) is 11.8. The lowest BCUT2D eigenvalue weighted by atomic mass is 10.0. The predicted octanol–water partition coefficient (Wildman–Crippen LogP) is 2.42. The Bertz CT molecular complexity index is 1220. The number of ether oxygens (including phenoxy) is 1. The van der Waals surface area contributed by atoms with Gasteiger partial charge < -0.3 is 14.7 Å². The van der Waals surface area contributed by atoms with Crippen molar-refractivity contribution < 1.29 is 23.1 Å². The third-order valence-electron chi connectivity index (χ3n) is 5.99. The summed E-state index contributed by atoms with van der Waals surface area (Å²) in [7, 11) is -2.30. The second-order valence-corrected chi connectivity index (χ2v) is 11.4. The molecule has 0 saturated carbocycles. The Morgan fingerprint density at radius 1 is 1.31 bits per heavy atom. The van der Waals surface area contributed by atoms with E-state index in [1.807, 2.05) is 6.92 Å². The van der Waals surface area contributed by atoms with E-state index in [2.05, 4.69) is 35.7 Å². The van der Waals surface area contributed by atoms with Crippen molar-refractivity contribution in [1.29, 1.82) is 0 Å². The molecule has 1 aliphatic heterocycles. The van der Waals surface area contributed by atoms with Crippen LogP contribution in [0.4, 0.5) is 0 Å². The van der Waals surface area contributed by atoms with Gasteiger partial charge in [-0.25, -0.2) is 13.4 Å². The molecule has 0 bridgehead atoms. The molecular formula is C26H34N4O5S. The van der Waals surface area contributed by atoms with E-state index in [0.717, 1.165) is 0 Å². The highest BCUT2D eigenvalue weighted by Gasteiger charge is 2.38. The zero-order valence-electron chi connectivity index (χ0n) is 21.4. The molecular weight excluding hydrogens is 480 g/mol. The van der Waals surface area contributed by atoms with E-state index in [0.29, 0.717) is 17.9 Å². The number of nitrogens with zero attached hydrogens (tertiary/aromatic N) is 4. The Morgan fingerprint density at radius 2 is 2.06 bits per heavy atom. The van der Waals surface area contributed by atoms with Crippen molar-refractivity contribution >= 4 is 15.9 Å². The first-order valence-corrected chi connectivity index (χ1v) is 13.4. The Labute approximate surface area is 213 Å². The van der Waals surface area contributed by atoms with Gasteiger partial charge in [0.25, 0.3) is 5.91 Å². The van der Waals surface area contributed by atoms with Crippen LogP contribution in [0.5, 0.6) is 5.75 Å². The Kier molecular flexibility index (Phi) is 9.06. The van der Waals surface area contributed by atoms with E-state index in [-0.39, 0.29) is 47.9 Å². The number of hydrogen-bond donors (Lipinski definition) is 1. The molecule has 1 N–H and O–H groups in total. The number of carbonyl (C=O) groups excluding carboxylic acids is 1. The third kappa shape index (κ3) is 6.40. The zero-order valence-corrected chi connectivity index (χ0v) is 22.2. The lowest BCUT2D eigenvalue weighted by Gasteiger charge is -2.37. The van der Waals surface area contributed by atoms with Gasteiger partial charge in [0.05, 0.1) is 19.3 Å². The van der Waals surface area contributed by atoms with Gasteiger partial charge in [-0.15, -0.1) is 0 Å².